The molecule has 0 aliphatic heterocycles. The minimum atomic E-state index is -3.61. The average Bonchev–Trinajstić information content (AvgIpc) is 2.82. The zero-order valence-corrected chi connectivity index (χ0v) is 12.1. The van der Waals surface area contributed by atoms with Gasteiger partial charge in [-0.25, -0.2) is 13.1 Å². The monoisotopic (exact) mass is 308 g/mol. The zero-order valence-electron chi connectivity index (χ0n) is 11.2. The second kappa shape index (κ2) is 5.16. The van der Waals surface area contributed by atoms with Gasteiger partial charge >= 0.3 is 5.97 Å². The molecule has 1 aromatic carbocycles. The van der Waals surface area contributed by atoms with Crippen LogP contribution in [0.5, 0.6) is 0 Å². The van der Waals surface area contributed by atoms with Crippen molar-refractivity contribution in [2.45, 2.75) is 24.6 Å². The van der Waals surface area contributed by atoms with Crippen molar-refractivity contribution in [2.24, 2.45) is 5.92 Å². The Hall–Kier alpha value is -1.86. The third kappa shape index (κ3) is 2.54. The minimum absolute atomic E-state index is 0.167. The number of carboxylic acids is 1. The van der Waals surface area contributed by atoms with E-state index in [1.807, 2.05) is 24.3 Å². The predicted molar refractivity (Wildman–Crippen MR) is 78.2 cm³/mol. The number of aromatic nitrogens is 1. The molecule has 0 radical (unpaired) electrons. The summed E-state index contributed by atoms with van der Waals surface area (Å²) in [6, 6.07) is 7.52. The van der Waals surface area contributed by atoms with Crippen LogP contribution in [0.15, 0.2) is 30.5 Å². The Labute approximate surface area is 122 Å². The van der Waals surface area contributed by atoms with E-state index in [0.29, 0.717) is 12.8 Å². The van der Waals surface area contributed by atoms with Crippen LogP contribution in [0, 0.1) is 5.92 Å². The number of fused-ring (bicyclic) bond motifs is 1. The third-order valence-electron chi connectivity index (χ3n) is 4.08. The van der Waals surface area contributed by atoms with E-state index < -0.39 is 27.2 Å². The van der Waals surface area contributed by atoms with E-state index >= 15 is 0 Å². The highest BCUT2D eigenvalue weighted by atomic mass is 32.2. The van der Waals surface area contributed by atoms with Crippen molar-refractivity contribution in [3.63, 3.8) is 0 Å². The summed E-state index contributed by atoms with van der Waals surface area (Å²) in [5.41, 5.74) is 1.81. The molecular formula is C14H16N2O4S. The largest absolute Gasteiger partial charge is 0.481 e. The van der Waals surface area contributed by atoms with Gasteiger partial charge in [0.15, 0.2) is 0 Å². The van der Waals surface area contributed by atoms with Crippen molar-refractivity contribution in [1.29, 1.82) is 0 Å². The van der Waals surface area contributed by atoms with Gasteiger partial charge in [-0.1, -0.05) is 12.1 Å². The second-order valence-corrected chi connectivity index (χ2v) is 7.27. The second-order valence-electron chi connectivity index (χ2n) is 5.28. The fraction of sp³-hybridized carbons (Fsp3) is 0.357. The first-order chi connectivity index (χ1) is 9.99. The molecule has 0 spiro atoms. The number of H-pyrrole nitrogens is 1. The lowest BCUT2D eigenvalue weighted by atomic mass is 9.85. The molecule has 2 unspecified atom stereocenters. The maximum absolute atomic E-state index is 12.2. The molecule has 6 nitrogen and oxygen atoms in total. The van der Waals surface area contributed by atoms with Crippen LogP contribution >= 0.6 is 0 Å². The van der Waals surface area contributed by atoms with Crippen LogP contribution in [-0.4, -0.2) is 29.7 Å². The first-order valence-electron chi connectivity index (χ1n) is 6.75. The summed E-state index contributed by atoms with van der Waals surface area (Å²) in [5.74, 6) is -1.82. The van der Waals surface area contributed by atoms with E-state index in [9.17, 15) is 13.2 Å². The number of aromatic amines is 1. The Bertz CT molecular complexity index is 781. The Balaban J connectivity index is 1.75. The summed E-state index contributed by atoms with van der Waals surface area (Å²) in [5, 5.41) is 9.11. The van der Waals surface area contributed by atoms with Gasteiger partial charge in [0, 0.05) is 23.6 Å². The number of sulfonamides is 1. The summed E-state index contributed by atoms with van der Waals surface area (Å²) < 4.78 is 26.9. The quantitative estimate of drug-likeness (QED) is 0.778. The first kappa shape index (κ1) is 14.1. The van der Waals surface area contributed by atoms with Crippen LogP contribution in [0.1, 0.15) is 18.4 Å². The fourth-order valence-corrected chi connectivity index (χ4v) is 4.42. The number of hydrogen-bond acceptors (Lipinski definition) is 3. The molecule has 1 heterocycles. The zero-order chi connectivity index (χ0) is 15.0. The van der Waals surface area contributed by atoms with Gasteiger partial charge in [0.05, 0.1) is 11.2 Å². The molecule has 1 fully saturated rings. The molecule has 21 heavy (non-hydrogen) atoms. The number of nitrogens with one attached hydrogen (secondary N) is 2. The molecule has 0 saturated heterocycles. The number of aliphatic carboxylic acids is 1. The van der Waals surface area contributed by atoms with E-state index in [0.717, 1.165) is 16.5 Å². The molecule has 7 heteroatoms. The topological polar surface area (TPSA) is 99.3 Å². The number of benzene rings is 1. The lowest BCUT2D eigenvalue weighted by Crippen LogP contribution is -2.48. The molecule has 1 aliphatic carbocycles. The Morgan fingerprint density at radius 3 is 2.81 bits per heavy atom. The minimum Gasteiger partial charge on any atom is -0.481 e. The number of hydrogen-bond donors (Lipinski definition) is 3. The highest BCUT2D eigenvalue weighted by Crippen LogP contribution is 2.33. The van der Waals surface area contributed by atoms with E-state index in [1.165, 1.54) is 0 Å². The van der Waals surface area contributed by atoms with Gasteiger partial charge in [-0.15, -0.1) is 0 Å². The Kier molecular flexibility index (Phi) is 3.46. The van der Waals surface area contributed by atoms with Gasteiger partial charge in [-0.2, -0.15) is 0 Å². The highest BCUT2D eigenvalue weighted by Gasteiger charge is 2.44. The van der Waals surface area contributed by atoms with Crippen molar-refractivity contribution in [1.82, 2.24) is 9.71 Å². The first-order valence-corrected chi connectivity index (χ1v) is 8.30. The van der Waals surface area contributed by atoms with Gasteiger partial charge in [0.25, 0.3) is 0 Å². The molecule has 3 rings (SSSR count). The fourth-order valence-electron chi connectivity index (χ4n) is 2.71. The van der Waals surface area contributed by atoms with Crippen LogP contribution in [0.2, 0.25) is 0 Å². The molecule has 1 aromatic heterocycles. The Morgan fingerprint density at radius 2 is 2.14 bits per heavy atom. The molecule has 112 valence electrons. The number of rotatable bonds is 5. The van der Waals surface area contributed by atoms with Gasteiger partial charge in [-0.05, 0) is 30.5 Å². The van der Waals surface area contributed by atoms with Crippen molar-refractivity contribution in [2.75, 3.05) is 0 Å². The molecular weight excluding hydrogens is 292 g/mol. The SMILES string of the molecule is O=C(O)C1CCC1S(=O)(=O)NCc1cccc2[nH]ccc12. The van der Waals surface area contributed by atoms with Crippen molar-refractivity contribution in [3.8, 4) is 0 Å². The normalized spacial score (nSPS) is 22.1. The van der Waals surface area contributed by atoms with Crippen LogP contribution in [0.3, 0.4) is 0 Å². The van der Waals surface area contributed by atoms with Crippen LogP contribution in [0.25, 0.3) is 10.9 Å². The summed E-state index contributed by atoms with van der Waals surface area (Å²) in [7, 11) is -3.61. The average molecular weight is 308 g/mol. The van der Waals surface area contributed by atoms with Gasteiger partial charge in [0.1, 0.15) is 0 Å². The van der Waals surface area contributed by atoms with Crippen molar-refractivity contribution < 1.29 is 18.3 Å². The number of carboxylic acid groups (broad SMARTS) is 1. The maximum atomic E-state index is 12.2. The van der Waals surface area contributed by atoms with E-state index in [2.05, 4.69) is 9.71 Å². The molecule has 0 amide bonds. The molecule has 3 N–H and O–H groups in total. The molecule has 1 aliphatic rings. The summed E-state index contributed by atoms with van der Waals surface area (Å²) >= 11 is 0. The standard InChI is InChI=1S/C14H16N2O4S/c17-14(18)11-4-5-13(11)21(19,20)16-8-9-2-1-3-12-10(9)6-7-15-12/h1-3,6-7,11,13,15-16H,4-5,8H2,(H,17,18). The molecule has 2 aromatic rings. The van der Waals surface area contributed by atoms with Gasteiger partial charge < -0.3 is 10.1 Å². The van der Waals surface area contributed by atoms with E-state index in [-0.39, 0.29) is 6.54 Å². The van der Waals surface area contributed by atoms with E-state index in [4.69, 9.17) is 5.11 Å². The summed E-state index contributed by atoms with van der Waals surface area (Å²) in [6.07, 6.45) is 2.63. The third-order valence-corrected chi connectivity index (χ3v) is 5.98. The highest BCUT2D eigenvalue weighted by molar-refractivity contribution is 7.90. The van der Waals surface area contributed by atoms with Gasteiger partial charge in [-0.3, -0.25) is 4.79 Å². The van der Waals surface area contributed by atoms with Crippen molar-refractivity contribution in [3.05, 3.63) is 36.0 Å². The van der Waals surface area contributed by atoms with E-state index in [1.54, 1.807) is 6.20 Å². The van der Waals surface area contributed by atoms with Crippen molar-refractivity contribution >= 4 is 26.9 Å². The molecule has 0 bridgehead atoms. The summed E-state index contributed by atoms with van der Waals surface area (Å²) in [4.78, 5) is 14.0. The lowest BCUT2D eigenvalue weighted by molar-refractivity contribution is -0.144. The summed E-state index contributed by atoms with van der Waals surface area (Å²) in [6.45, 7) is 0.167. The lowest BCUT2D eigenvalue weighted by Gasteiger charge is -2.32. The smallest absolute Gasteiger partial charge is 0.307 e. The maximum Gasteiger partial charge on any atom is 0.307 e. The number of carbonyl (C=O) groups is 1. The molecule has 1 saturated carbocycles. The van der Waals surface area contributed by atoms with Crippen LogP contribution in [0.4, 0.5) is 0 Å². The van der Waals surface area contributed by atoms with Crippen LogP contribution in [-0.2, 0) is 21.4 Å². The predicted octanol–water partition coefficient (Wildman–Crippen LogP) is 1.45. The van der Waals surface area contributed by atoms with Gasteiger partial charge in [0.2, 0.25) is 10.0 Å². The van der Waals surface area contributed by atoms with Crippen LogP contribution < -0.4 is 4.72 Å². The molecule has 2 atom stereocenters. The Morgan fingerprint density at radius 1 is 1.33 bits per heavy atom.